The van der Waals surface area contributed by atoms with E-state index in [0.29, 0.717) is 24.8 Å². The number of nitrogens with one attached hydrogen (secondary N) is 1. The minimum atomic E-state index is 0.00720. The van der Waals surface area contributed by atoms with E-state index in [1.54, 1.807) is 12.1 Å². The van der Waals surface area contributed by atoms with Crippen molar-refractivity contribution < 1.29 is 19.3 Å². The van der Waals surface area contributed by atoms with Gasteiger partial charge in [0, 0.05) is 5.70 Å². The molecule has 1 aromatic carbocycles. The third-order valence-corrected chi connectivity index (χ3v) is 2.50. The summed E-state index contributed by atoms with van der Waals surface area (Å²) in [5.74, 6) is 0.776. The van der Waals surface area contributed by atoms with Gasteiger partial charge in [-0.1, -0.05) is 0 Å². The third kappa shape index (κ3) is 2.45. The zero-order valence-corrected chi connectivity index (χ0v) is 9.82. The Hall–Kier alpha value is -1.88. The van der Waals surface area contributed by atoms with Gasteiger partial charge in [0.15, 0.2) is 11.5 Å². The molecule has 1 aliphatic rings. The van der Waals surface area contributed by atoms with Crippen LogP contribution in [0.4, 0.5) is 0 Å². The summed E-state index contributed by atoms with van der Waals surface area (Å²) in [4.78, 5) is 0. The van der Waals surface area contributed by atoms with Crippen LogP contribution in [0.15, 0.2) is 17.8 Å². The molecule has 0 atom stereocenters. The first kappa shape index (κ1) is 11.6. The van der Waals surface area contributed by atoms with Crippen molar-refractivity contribution in [3.8, 4) is 17.2 Å². The van der Waals surface area contributed by atoms with Crippen molar-refractivity contribution in [1.29, 1.82) is 0 Å². The zero-order chi connectivity index (χ0) is 12.3. The van der Waals surface area contributed by atoms with Crippen molar-refractivity contribution in [2.45, 2.75) is 0 Å². The highest BCUT2D eigenvalue weighted by Gasteiger charge is 2.11. The van der Waals surface area contributed by atoms with Crippen LogP contribution in [0.3, 0.4) is 0 Å². The number of aromatic hydroxyl groups is 1. The van der Waals surface area contributed by atoms with Gasteiger partial charge in [-0.05, 0) is 23.8 Å². The lowest BCUT2D eigenvalue weighted by Crippen LogP contribution is -2.04. The molecule has 0 saturated carbocycles. The maximum absolute atomic E-state index is 9.76. The SMILES string of the molecule is COc1cc(/C=C2/COCN2)cc(OC)c1O. The maximum Gasteiger partial charge on any atom is 0.200 e. The number of rotatable bonds is 3. The zero-order valence-electron chi connectivity index (χ0n) is 9.82. The Bertz CT molecular complexity index is 409. The van der Waals surface area contributed by atoms with Gasteiger partial charge in [-0.3, -0.25) is 0 Å². The molecule has 5 nitrogen and oxygen atoms in total. The standard InChI is InChI=1S/C12H15NO4/c1-15-10-4-8(3-9-6-17-7-13-9)5-11(16-2)12(10)14/h3-5,13-14H,6-7H2,1-2H3/b9-3-. The van der Waals surface area contributed by atoms with Gasteiger partial charge in [0.1, 0.15) is 6.73 Å². The molecule has 17 heavy (non-hydrogen) atoms. The van der Waals surface area contributed by atoms with Gasteiger partial charge in [-0.2, -0.15) is 0 Å². The molecule has 0 radical (unpaired) electrons. The number of phenolic OH excluding ortho intramolecular Hbond substituents is 1. The Morgan fingerprint density at radius 2 is 1.94 bits per heavy atom. The Kier molecular flexibility index (Phi) is 3.39. The van der Waals surface area contributed by atoms with Crippen molar-refractivity contribution in [2.75, 3.05) is 27.6 Å². The minimum absolute atomic E-state index is 0.00720. The van der Waals surface area contributed by atoms with Crippen LogP contribution in [0.2, 0.25) is 0 Å². The second kappa shape index (κ2) is 4.97. The van der Waals surface area contributed by atoms with E-state index < -0.39 is 0 Å². The van der Waals surface area contributed by atoms with Gasteiger partial charge in [0.05, 0.1) is 20.8 Å². The summed E-state index contributed by atoms with van der Waals surface area (Å²) in [5, 5.41) is 12.9. The molecule has 2 N–H and O–H groups in total. The smallest absolute Gasteiger partial charge is 0.200 e. The molecule has 0 unspecified atom stereocenters. The maximum atomic E-state index is 9.76. The van der Waals surface area contributed by atoms with Crippen molar-refractivity contribution in [2.24, 2.45) is 0 Å². The van der Waals surface area contributed by atoms with Crippen LogP contribution < -0.4 is 14.8 Å². The molecule has 0 bridgehead atoms. The summed E-state index contributed by atoms with van der Waals surface area (Å²) in [6, 6.07) is 3.48. The van der Waals surface area contributed by atoms with Crippen molar-refractivity contribution in [1.82, 2.24) is 5.32 Å². The van der Waals surface area contributed by atoms with E-state index in [4.69, 9.17) is 14.2 Å². The highest BCUT2D eigenvalue weighted by molar-refractivity contribution is 5.63. The molecule has 5 heteroatoms. The van der Waals surface area contributed by atoms with Crippen LogP contribution in [-0.4, -0.2) is 32.7 Å². The summed E-state index contributed by atoms with van der Waals surface area (Å²) in [6.07, 6.45) is 1.93. The van der Waals surface area contributed by atoms with E-state index in [9.17, 15) is 5.11 Å². The molecular weight excluding hydrogens is 222 g/mol. The van der Waals surface area contributed by atoms with Gasteiger partial charge >= 0.3 is 0 Å². The van der Waals surface area contributed by atoms with Crippen LogP contribution >= 0.6 is 0 Å². The lowest BCUT2D eigenvalue weighted by molar-refractivity contribution is 0.197. The molecule has 1 fully saturated rings. The van der Waals surface area contributed by atoms with Gasteiger partial charge in [0.2, 0.25) is 5.75 Å². The quantitative estimate of drug-likeness (QED) is 0.830. The Morgan fingerprint density at radius 3 is 2.41 bits per heavy atom. The molecule has 1 aromatic rings. The first-order valence-electron chi connectivity index (χ1n) is 5.21. The van der Waals surface area contributed by atoms with Crippen LogP contribution in [0.1, 0.15) is 5.56 Å². The molecule has 0 aliphatic carbocycles. The van der Waals surface area contributed by atoms with Crippen molar-refractivity contribution in [3.05, 3.63) is 23.4 Å². The molecule has 92 valence electrons. The highest BCUT2D eigenvalue weighted by atomic mass is 16.5. The summed E-state index contributed by atoms with van der Waals surface area (Å²) in [6.45, 7) is 1.09. The van der Waals surface area contributed by atoms with E-state index in [2.05, 4.69) is 5.32 Å². The molecule has 1 saturated heterocycles. The highest BCUT2D eigenvalue weighted by Crippen LogP contribution is 2.37. The molecule has 0 aromatic heterocycles. The second-order valence-corrected chi connectivity index (χ2v) is 3.61. The van der Waals surface area contributed by atoms with Crippen molar-refractivity contribution >= 4 is 6.08 Å². The number of hydrogen-bond donors (Lipinski definition) is 2. The lowest BCUT2D eigenvalue weighted by atomic mass is 10.1. The number of methoxy groups -OCH3 is 2. The lowest BCUT2D eigenvalue weighted by Gasteiger charge is -2.09. The van der Waals surface area contributed by atoms with E-state index >= 15 is 0 Å². The van der Waals surface area contributed by atoms with Gasteiger partial charge in [-0.15, -0.1) is 0 Å². The van der Waals surface area contributed by atoms with E-state index in [1.165, 1.54) is 14.2 Å². The predicted molar refractivity (Wildman–Crippen MR) is 63.1 cm³/mol. The Balaban J connectivity index is 2.37. The summed E-state index contributed by atoms with van der Waals surface area (Å²) in [5.41, 5.74) is 1.87. The van der Waals surface area contributed by atoms with Gasteiger partial charge < -0.3 is 24.6 Å². The Labute approximate surface area is 99.6 Å². The molecule has 1 heterocycles. The number of phenols is 1. The summed E-state index contributed by atoms with van der Waals surface area (Å²) >= 11 is 0. The Morgan fingerprint density at radius 1 is 1.29 bits per heavy atom. The molecular formula is C12H15NO4. The van der Waals surface area contributed by atoms with E-state index in [1.807, 2.05) is 6.08 Å². The number of ether oxygens (including phenoxy) is 3. The van der Waals surface area contributed by atoms with Crippen LogP contribution in [0.5, 0.6) is 17.2 Å². The summed E-state index contributed by atoms with van der Waals surface area (Å²) < 4.78 is 15.3. The second-order valence-electron chi connectivity index (χ2n) is 3.61. The molecule has 0 amide bonds. The minimum Gasteiger partial charge on any atom is -0.502 e. The van der Waals surface area contributed by atoms with Crippen LogP contribution in [0.25, 0.3) is 6.08 Å². The number of hydrogen-bond acceptors (Lipinski definition) is 5. The normalized spacial score (nSPS) is 16.9. The molecule has 1 aliphatic heterocycles. The summed E-state index contributed by atoms with van der Waals surface area (Å²) in [7, 11) is 3.00. The van der Waals surface area contributed by atoms with E-state index in [-0.39, 0.29) is 5.75 Å². The molecule has 0 spiro atoms. The molecule has 2 rings (SSSR count). The van der Waals surface area contributed by atoms with Gasteiger partial charge in [0.25, 0.3) is 0 Å². The first-order valence-corrected chi connectivity index (χ1v) is 5.21. The fraction of sp³-hybridized carbons (Fsp3) is 0.333. The topological polar surface area (TPSA) is 60.0 Å². The fourth-order valence-corrected chi connectivity index (χ4v) is 1.65. The van der Waals surface area contributed by atoms with Gasteiger partial charge in [-0.25, -0.2) is 0 Å². The van der Waals surface area contributed by atoms with Crippen molar-refractivity contribution in [3.63, 3.8) is 0 Å². The first-order chi connectivity index (χ1) is 8.24. The third-order valence-electron chi connectivity index (χ3n) is 2.50. The number of benzene rings is 1. The van der Waals surface area contributed by atoms with E-state index in [0.717, 1.165) is 11.3 Å². The average molecular weight is 237 g/mol. The largest absolute Gasteiger partial charge is 0.502 e. The van der Waals surface area contributed by atoms with Crippen LogP contribution in [-0.2, 0) is 4.74 Å². The fourth-order valence-electron chi connectivity index (χ4n) is 1.65. The monoisotopic (exact) mass is 237 g/mol. The average Bonchev–Trinajstić information content (AvgIpc) is 2.84. The predicted octanol–water partition coefficient (Wildman–Crippen LogP) is 1.33. The van der Waals surface area contributed by atoms with Crippen LogP contribution in [0, 0.1) is 0 Å².